The zero-order chi connectivity index (χ0) is 25.1. The average molecular weight is 518 g/mol. The summed E-state index contributed by atoms with van der Waals surface area (Å²) in [6.07, 6.45) is 1.46. The van der Waals surface area contributed by atoms with Crippen LogP contribution in [0.3, 0.4) is 0 Å². The van der Waals surface area contributed by atoms with Crippen molar-refractivity contribution in [1.82, 2.24) is 0 Å². The lowest BCUT2D eigenvalue weighted by atomic mass is 10.2. The Hall–Kier alpha value is -1.64. The summed E-state index contributed by atoms with van der Waals surface area (Å²) in [6, 6.07) is 10.3. The van der Waals surface area contributed by atoms with Crippen LogP contribution >= 0.6 is 23.2 Å². The zero-order valence-electron chi connectivity index (χ0n) is 20.3. The predicted octanol–water partition coefficient (Wildman–Crippen LogP) is 6.40. The van der Waals surface area contributed by atoms with Crippen LogP contribution in [0.1, 0.15) is 33.6 Å². The number of hydrogen-bond acceptors (Lipinski definition) is 6. The van der Waals surface area contributed by atoms with E-state index in [0.717, 1.165) is 13.0 Å². The highest BCUT2D eigenvalue weighted by Gasteiger charge is 2.36. The number of halogens is 2. The monoisotopic (exact) mass is 516 g/mol. The first kappa shape index (κ1) is 29.4. The molecule has 2 rings (SSSR count). The van der Waals surface area contributed by atoms with Gasteiger partial charge in [0, 0.05) is 36.1 Å². The minimum Gasteiger partial charge on any atom is -0.491 e. The molecule has 2 aromatic carbocycles. The largest absolute Gasteiger partial charge is 0.491 e. The molecule has 6 nitrogen and oxygen atoms in total. The van der Waals surface area contributed by atoms with Crippen LogP contribution in [0.5, 0.6) is 11.5 Å². The number of aliphatic hydroxyl groups is 1. The fourth-order valence-corrected chi connectivity index (χ4v) is 3.78. The Balaban J connectivity index is 0.000000361. The van der Waals surface area contributed by atoms with Gasteiger partial charge in [-0.1, -0.05) is 44.0 Å². The van der Waals surface area contributed by atoms with Crippen molar-refractivity contribution in [3.63, 3.8) is 0 Å². The Morgan fingerprint density at radius 3 is 1.67 bits per heavy atom. The van der Waals surface area contributed by atoms with Crippen molar-refractivity contribution in [1.29, 1.82) is 0 Å². The van der Waals surface area contributed by atoms with E-state index in [1.165, 1.54) is 0 Å². The molecule has 5 N–H and O–H groups in total. The van der Waals surface area contributed by atoms with Gasteiger partial charge < -0.3 is 30.5 Å². The minimum absolute atomic E-state index is 0.119. The van der Waals surface area contributed by atoms with Crippen LogP contribution in [0, 0.1) is 0 Å². The maximum Gasteiger partial charge on any atom is 0.191 e. The van der Waals surface area contributed by atoms with Gasteiger partial charge in [-0.3, -0.25) is 0 Å². The van der Waals surface area contributed by atoms with Crippen LogP contribution in [0.25, 0.3) is 0 Å². The van der Waals surface area contributed by atoms with Crippen molar-refractivity contribution in [2.45, 2.75) is 51.7 Å². The second-order valence-corrected chi connectivity index (χ2v) is 14.8. The number of aliphatic hydroxyl groups excluding tert-OH is 1. The molecule has 9 heteroatoms. The molecule has 0 saturated carbocycles. The molecule has 0 aromatic heterocycles. The third-order valence-corrected chi connectivity index (χ3v) is 10.3. The number of benzene rings is 2. The third-order valence-electron chi connectivity index (χ3n) is 5.32. The number of nitrogens with two attached hydrogens (primary N) is 2. The fourth-order valence-electron chi connectivity index (χ4n) is 2.33. The SMILES string of the molecule is CC(C)(C)[Si](C)(C)OCCCOc1ccc(Cl)cc1N.Nc1cc(Cl)ccc1OCCCO. The molecule has 33 heavy (non-hydrogen) atoms. The van der Waals surface area contributed by atoms with E-state index in [9.17, 15) is 0 Å². The van der Waals surface area contributed by atoms with Crippen molar-refractivity contribution < 1.29 is 19.0 Å². The van der Waals surface area contributed by atoms with E-state index in [4.69, 9.17) is 53.7 Å². The summed E-state index contributed by atoms with van der Waals surface area (Å²) in [6.45, 7) is 13.1. The van der Waals surface area contributed by atoms with Gasteiger partial charge in [0.2, 0.25) is 0 Å². The van der Waals surface area contributed by atoms with E-state index >= 15 is 0 Å². The second-order valence-electron chi connectivity index (χ2n) is 9.10. The summed E-state index contributed by atoms with van der Waals surface area (Å²) < 4.78 is 17.0. The van der Waals surface area contributed by atoms with E-state index in [0.29, 0.717) is 52.6 Å². The lowest BCUT2D eigenvalue weighted by Crippen LogP contribution is -2.41. The first-order valence-electron chi connectivity index (χ1n) is 11.0. The van der Waals surface area contributed by atoms with Gasteiger partial charge in [0.15, 0.2) is 8.32 Å². The summed E-state index contributed by atoms with van der Waals surface area (Å²) in [5, 5.41) is 9.98. The fraction of sp³-hybridized carbons (Fsp3) is 0.500. The number of rotatable bonds is 10. The molecule has 0 bridgehead atoms. The Morgan fingerprint density at radius 2 is 1.27 bits per heavy atom. The molecule has 0 saturated heterocycles. The van der Waals surface area contributed by atoms with E-state index < -0.39 is 8.32 Å². The zero-order valence-corrected chi connectivity index (χ0v) is 22.8. The van der Waals surface area contributed by atoms with E-state index in [2.05, 4.69) is 33.9 Å². The Morgan fingerprint density at radius 1 is 0.818 bits per heavy atom. The van der Waals surface area contributed by atoms with Gasteiger partial charge in [-0.2, -0.15) is 0 Å². The van der Waals surface area contributed by atoms with Crippen LogP contribution < -0.4 is 20.9 Å². The van der Waals surface area contributed by atoms with Crippen molar-refractivity contribution in [3.8, 4) is 11.5 Å². The lowest BCUT2D eigenvalue weighted by Gasteiger charge is -2.36. The summed E-state index contributed by atoms with van der Waals surface area (Å²) in [5.74, 6) is 1.29. The maximum atomic E-state index is 8.53. The molecule has 2 aromatic rings. The standard InChI is InChI=1S/C15H26ClNO2Si.C9H12ClNO2/c1-15(2,3)20(4,5)19-10-6-9-18-14-8-7-12(16)11-13(14)17;10-7-2-3-9(8(11)6-7)13-5-1-4-12/h7-8,11H,6,9-10,17H2,1-5H3;2-3,6,12H,1,4-5,11H2. The second kappa shape index (κ2) is 13.9. The van der Waals surface area contributed by atoms with Crippen LogP contribution in [-0.4, -0.2) is 39.9 Å². The maximum absolute atomic E-state index is 8.53. The smallest absolute Gasteiger partial charge is 0.191 e. The first-order chi connectivity index (χ1) is 15.4. The van der Waals surface area contributed by atoms with Crippen molar-refractivity contribution in [2.24, 2.45) is 0 Å². The summed E-state index contributed by atoms with van der Waals surface area (Å²) >= 11 is 11.5. The van der Waals surface area contributed by atoms with E-state index in [1.54, 1.807) is 36.4 Å². The quantitative estimate of drug-likeness (QED) is 0.192. The van der Waals surface area contributed by atoms with Crippen molar-refractivity contribution in [2.75, 3.05) is 37.9 Å². The summed E-state index contributed by atoms with van der Waals surface area (Å²) in [7, 11) is -1.65. The van der Waals surface area contributed by atoms with Gasteiger partial charge in [0.25, 0.3) is 0 Å². The van der Waals surface area contributed by atoms with E-state index in [-0.39, 0.29) is 11.6 Å². The van der Waals surface area contributed by atoms with Gasteiger partial charge in [0.1, 0.15) is 11.5 Å². The molecule has 0 fully saturated rings. The first-order valence-corrected chi connectivity index (χ1v) is 14.6. The highest BCUT2D eigenvalue weighted by molar-refractivity contribution is 6.74. The van der Waals surface area contributed by atoms with Crippen molar-refractivity contribution in [3.05, 3.63) is 46.4 Å². The molecular weight excluding hydrogens is 479 g/mol. The highest BCUT2D eigenvalue weighted by Crippen LogP contribution is 2.36. The number of nitrogen functional groups attached to an aromatic ring is 2. The van der Waals surface area contributed by atoms with Crippen molar-refractivity contribution >= 4 is 42.9 Å². The highest BCUT2D eigenvalue weighted by atomic mass is 35.5. The van der Waals surface area contributed by atoms with Gasteiger partial charge >= 0.3 is 0 Å². The Kier molecular flexibility index (Phi) is 12.4. The molecule has 0 aliphatic carbocycles. The summed E-state index contributed by atoms with van der Waals surface area (Å²) in [4.78, 5) is 0. The van der Waals surface area contributed by atoms with E-state index in [1.807, 2.05) is 0 Å². The molecule has 0 aliphatic heterocycles. The Labute approximate surface area is 209 Å². The molecule has 0 radical (unpaired) electrons. The number of ether oxygens (including phenoxy) is 2. The number of hydrogen-bond donors (Lipinski definition) is 3. The third kappa shape index (κ3) is 10.9. The Bertz CT molecular complexity index is 861. The summed E-state index contributed by atoms with van der Waals surface area (Å²) in [5.41, 5.74) is 12.6. The van der Waals surface area contributed by atoms with Gasteiger partial charge in [-0.05, 0) is 54.5 Å². The molecule has 0 heterocycles. The normalized spacial score (nSPS) is 11.5. The number of anilines is 2. The van der Waals surface area contributed by atoms with Crippen LogP contribution in [0.4, 0.5) is 11.4 Å². The predicted molar refractivity (Wildman–Crippen MR) is 142 cm³/mol. The average Bonchev–Trinajstić information content (AvgIpc) is 2.70. The molecule has 0 amide bonds. The van der Waals surface area contributed by atoms with Crippen LogP contribution in [-0.2, 0) is 4.43 Å². The van der Waals surface area contributed by atoms with Gasteiger partial charge in [-0.15, -0.1) is 0 Å². The molecule has 0 spiro atoms. The minimum atomic E-state index is -1.65. The van der Waals surface area contributed by atoms with Gasteiger partial charge in [-0.25, -0.2) is 0 Å². The molecule has 0 aliphatic rings. The molecule has 186 valence electrons. The topological polar surface area (TPSA) is 100.0 Å². The molecule has 0 atom stereocenters. The molecule has 0 unspecified atom stereocenters. The molecular formula is C24H38Cl2N2O4Si. The lowest BCUT2D eigenvalue weighted by molar-refractivity contribution is 0.234. The van der Waals surface area contributed by atoms with Crippen LogP contribution in [0.2, 0.25) is 28.2 Å². The van der Waals surface area contributed by atoms with Crippen LogP contribution in [0.15, 0.2) is 36.4 Å². The van der Waals surface area contributed by atoms with Gasteiger partial charge in [0.05, 0.1) is 24.6 Å².